The molecule has 1 saturated heterocycles. The molecule has 0 aromatic rings. The Morgan fingerprint density at radius 3 is 2.80 bits per heavy atom. The minimum atomic E-state index is -0.238. The van der Waals surface area contributed by atoms with Crippen LogP contribution in [0.3, 0.4) is 0 Å². The van der Waals surface area contributed by atoms with E-state index in [1.807, 2.05) is 20.9 Å². The van der Waals surface area contributed by atoms with Gasteiger partial charge in [0.1, 0.15) is 11.6 Å². The zero-order valence-electron chi connectivity index (χ0n) is 9.59. The Labute approximate surface area is 96.0 Å². The van der Waals surface area contributed by atoms with E-state index in [4.69, 9.17) is 16.3 Å². The van der Waals surface area contributed by atoms with Gasteiger partial charge in [0.25, 0.3) is 0 Å². The van der Waals surface area contributed by atoms with Crippen molar-refractivity contribution in [3.63, 3.8) is 0 Å². The molecule has 0 aromatic carbocycles. The molecule has 1 heterocycles. The first kappa shape index (κ1) is 12.9. The standard InChI is InChI=1S/C11H19ClFNO/c1-11(2)14(3)10(8-15-11)6-4-5-9(13)7-12/h5,10H,4,6-8H2,1-3H3. The smallest absolute Gasteiger partial charge is 0.116 e. The monoisotopic (exact) mass is 235 g/mol. The topological polar surface area (TPSA) is 12.5 Å². The number of hydrogen-bond acceptors (Lipinski definition) is 2. The van der Waals surface area contributed by atoms with Gasteiger partial charge in [-0.3, -0.25) is 4.90 Å². The summed E-state index contributed by atoms with van der Waals surface area (Å²) in [5.41, 5.74) is -0.195. The molecule has 0 spiro atoms. The van der Waals surface area contributed by atoms with Gasteiger partial charge in [-0.2, -0.15) is 0 Å². The molecule has 15 heavy (non-hydrogen) atoms. The summed E-state index contributed by atoms with van der Waals surface area (Å²) in [7, 11) is 2.04. The molecule has 0 aromatic heterocycles. The molecule has 0 saturated carbocycles. The third-order valence-electron chi connectivity index (χ3n) is 3.02. The number of nitrogens with zero attached hydrogens (tertiary/aromatic N) is 1. The molecule has 1 aliphatic rings. The van der Waals surface area contributed by atoms with Crippen LogP contribution < -0.4 is 0 Å². The molecule has 1 fully saturated rings. The first-order valence-corrected chi connectivity index (χ1v) is 5.78. The van der Waals surface area contributed by atoms with E-state index in [9.17, 15) is 4.39 Å². The van der Waals surface area contributed by atoms with Crippen molar-refractivity contribution in [2.75, 3.05) is 19.5 Å². The predicted octanol–water partition coefficient (Wildman–Crippen LogP) is 2.93. The first-order valence-electron chi connectivity index (χ1n) is 5.25. The van der Waals surface area contributed by atoms with Crippen LogP contribution in [0, 0.1) is 0 Å². The van der Waals surface area contributed by atoms with Gasteiger partial charge in [-0.05, 0) is 33.7 Å². The van der Waals surface area contributed by atoms with Crippen LogP contribution in [0.15, 0.2) is 11.9 Å². The van der Waals surface area contributed by atoms with E-state index in [1.165, 1.54) is 0 Å². The molecule has 0 N–H and O–H groups in total. The highest BCUT2D eigenvalue weighted by molar-refractivity contribution is 6.19. The van der Waals surface area contributed by atoms with Crippen LogP contribution in [-0.2, 0) is 4.74 Å². The SMILES string of the molecule is CN1C(CCC=C(F)CCl)COC1(C)C. The number of ether oxygens (including phenoxy) is 1. The average Bonchev–Trinajstić information content (AvgIpc) is 2.44. The van der Waals surface area contributed by atoms with Crippen LogP contribution in [-0.4, -0.2) is 36.2 Å². The maximum atomic E-state index is 12.7. The van der Waals surface area contributed by atoms with E-state index >= 15 is 0 Å². The van der Waals surface area contributed by atoms with Gasteiger partial charge in [-0.1, -0.05) is 6.08 Å². The number of likely N-dealkylation sites (N-methyl/N-ethyl adjacent to an activating group) is 1. The molecule has 2 nitrogen and oxygen atoms in total. The zero-order chi connectivity index (χ0) is 11.5. The van der Waals surface area contributed by atoms with Crippen molar-refractivity contribution >= 4 is 11.6 Å². The molecule has 88 valence electrons. The van der Waals surface area contributed by atoms with Gasteiger partial charge in [0.05, 0.1) is 12.5 Å². The van der Waals surface area contributed by atoms with E-state index in [0.717, 1.165) is 13.0 Å². The van der Waals surface area contributed by atoms with Gasteiger partial charge >= 0.3 is 0 Å². The Morgan fingerprint density at radius 1 is 1.67 bits per heavy atom. The molecule has 4 heteroatoms. The summed E-state index contributed by atoms with van der Waals surface area (Å²) in [4.78, 5) is 2.19. The van der Waals surface area contributed by atoms with Crippen molar-refractivity contribution in [3.05, 3.63) is 11.9 Å². The number of halogens is 2. The maximum Gasteiger partial charge on any atom is 0.116 e. The fourth-order valence-electron chi connectivity index (χ4n) is 1.72. The van der Waals surface area contributed by atoms with E-state index in [-0.39, 0.29) is 17.4 Å². The number of rotatable bonds is 4. The molecular formula is C11H19ClFNO. The molecule has 0 bridgehead atoms. The number of hydrogen-bond donors (Lipinski definition) is 0. The summed E-state index contributed by atoms with van der Waals surface area (Å²) in [6.45, 7) is 4.81. The number of allylic oxidation sites excluding steroid dienone is 2. The Hall–Kier alpha value is -0.120. The van der Waals surface area contributed by atoms with Crippen molar-refractivity contribution in [2.45, 2.75) is 38.5 Å². The number of alkyl halides is 1. The highest BCUT2D eigenvalue weighted by Gasteiger charge is 2.36. The highest BCUT2D eigenvalue weighted by Crippen LogP contribution is 2.27. The molecule has 1 rings (SSSR count). The largest absolute Gasteiger partial charge is 0.359 e. The van der Waals surface area contributed by atoms with E-state index in [0.29, 0.717) is 12.5 Å². The Balaban J connectivity index is 2.35. The van der Waals surface area contributed by atoms with Crippen LogP contribution in [0.1, 0.15) is 26.7 Å². The van der Waals surface area contributed by atoms with E-state index < -0.39 is 0 Å². The third-order valence-corrected chi connectivity index (χ3v) is 3.27. The molecule has 0 aliphatic carbocycles. The molecule has 0 amide bonds. The molecule has 0 radical (unpaired) electrons. The van der Waals surface area contributed by atoms with E-state index in [2.05, 4.69) is 4.90 Å². The lowest BCUT2D eigenvalue weighted by Crippen LogP contribution is -2.40. The van der Waals surface area contributed by atoms with Crippen molar-refractivity contribution in [1.82, 2.24) is 4.90 Å². The van der Waals surface area contributed by atoms with Gasteiger partial charge in [0.15, 0.2) is 0 Å². The van der Waals surface area contributed by atoms with Crippen molar-refractivity contribution in [1.29, 1.82) is 0 Å². The van der Waals surface area contributed by atoms with Crippen molar-refractivity contribution in [2.24, 2.45) is 0 Å². The summed E-state index contributed by atoms with van der Waals surface area (Å²) in [5.74, 6) is -0.264. The molecule has 1 aliphatic heterocycles. The Bertz CT molecular complexity index is 243. The van der Waals surface area contributed by atoms with Crippen molar-refractivity contribution in [3.8, 4) is 0 Å². The van der Waals surface area contributed by atoms with Gasteiger partial charge in [0.2, 0.25) is 0 Å². The van der Waals surface area contributed by atoms with Gasteiger partial charge in [-0.15, -0.1) is 11.6 Å². The summed E-state index contributed by atoms with van der Waals surface area (Å²) in [6.07, 6.45) is 3.18. The van der Waals surface area contributed by atoms with Gasteiger partial charge < -0.3 is 4.74 Å². The molecule has 1 atom stereocenters. The molecular weight excluding hydrogens is 217 g/mol. The minimum Gasteiger partial charge on any atom is -0.359 e. The normalized spacial score (nSPS) is 27.3. The van der Waals surface area contributed by atoms with E-state index in [1.54, 1.807) is 6.08 Å². The zero-order valence-corrected chi connectivity index (χ0v) is 10.4. The van der Waals surface area contributed by atoms with Crippen molar-refractivity contribution < 1.29 is 9.13 Å². The maximum absolute atomic E-state index is 12.7. The Kier molecular flexibility index (Phi) is 4.56. The second-order valence-electron chi connectivity index (χ2n) is 4.38. The second kappa shape index (κ2) is 5.28. The lowest BCUT2D eigenvalue weighted by Gasteiger charge is -2.29. The summed E-state index contributed by atoms with van der Waals surface area (Å²) in [6, 6.07) is 0.374. The Morgan fingerprint density at radius 2 is 2.33 bits per heavy atom. The van der Waals surface area contributed by atoms with Crippen LogP contribution in [0.25, 0.3) is 0 Å². The predicted molar refractivity (Wildman–Crippen MR) is 60.7 cm³/mol. The third kappa shape index (κ3) is 3.44. The summed E-state index contributed by atoms with van der Waals surface area (Å²) >= 11 is 5.34. The van der Waals surface area contributed by atoms with Gasteiger partial charge in [0, 0.05) is 6.04 Å². The first-order chi connectivity index (χ1) is 6.97. The lowest BCUT2D eigenvalue weighted by molar-refractivity contribution is -0.0414. The summed E-state index contributed by atoms with van der Waals surface area (Å²) in [5, 5.41) is 0. The quantitative estimate of drug-likeness (QED) is 0.695. The van der Waals surface area contributed by atoms with Gasteiger partial charge in [-0.25, -0.2) is 4.39 Å². The highest BCUT2D eigenvalue weighted by atomic mass is 35.5. The fourth-order valence-corrected chi connectivity index (χ4v) is 1.83. The lowest BCUT2D eigenvalue weighted by atomic mass is 10.1. The minimum absolute atomic E-state index is 0.0253. The second-order valence-corrected chi connectivity index (χ2v) is 4.65. The van der Waals surface area contributed by atoms with Crippen LogP contribution in [0.4, 0.5) is 4.39 Å². The van der Waals surface area contributed by atoms with Crippen LogP contribution >= 0.6 is 11.6 Å². The summed E-state index contributed by atoms with van der Waals surface area (Å²) < 4.78 is 18.4. The fraction of sp³-hybridized carbons (Fsp3) is 0.818. The molecule has 1 unspecified atom stereocenters. The average molecular weight is 236 g/mol. The van der Waals surface area contributed by atoms with Crippen LogP contribution in [0.5, 0.6) is 0 Å². The van der Waals surface area contributed by atoms with Crippen LogP contribution in [0.2, 0.25) is 0 Å².